The monoisotopic (exact) mass is 384 g/mol. The number of fused-ring (bicyclic) bond motifs is 2. The van der Waals surface area contributed by atoms with Gasteiger partial charge in [-0.2, -0.15) is 0 Å². The van der Waals surface area contributed by atoms with Gasteiger partial charge in [0.25, 0.3) is 5.91 Å². The van der Waals surface area contributed by atoms with E-state index in [1.165, 1.54) is 4.90 Å². The molecule has 1 aliphatic carbocycles. The highest BCUT2D eigenvalue weighted by molar-refractivity contribution is 6.30. The highest BCUT2D eigenvalue weighted by Gasteiger charge is 2.53. The standard InChI is InChI=1S/C21H21ClN2O3/c22-16-8-10-17(11-9-16)27-14-13-24-19(25)21(23-20(24)26)12-4-3-6-15-5-1-2-7-18(15)21/h1-2,5,7-11H,3-4,6,12-14H2,(H,23,26). The number of urea groups is 1. The summed E-state index contributed by atoms with van der Waals surface area (Å²) in [5.74, 6) is 0.475. The third kappa shape index (κ3) is 3.28. The van der Waals surface area contributed by atoms with Gasteiger partial charge in [0.1, 0.15) is 17.9 Å². The zero-order valence-electron chi connectivity index (χ0n) is 14.9. The zero-order valence-corrected chi connectivity index (χ0v) is 15.7. The molecule has 0 saturated carbocycles. The molecule has 140 valence electrons. The van der Waals surface area contributed by atoms with Crippen molar-refractivity contribution in [3.8, 4) is 5.75 Å². The fraction of sp³-hybridized carbons (Fsp3) is 0.333. The minimum absolute atomic E-state index is 0.179. The number of benzene rings is 2. The molecule has 1 unspecified atom stereocenters. The molecule has 0 radical (unpaired) electrons. The number of rotatable bonds is 4. The fourth-order valence-electron chi connectivity index (χ4n) is 3.96. The number of hydrogen-bond donors (Lipinski definition) is 1. The molecule has 27 heavy (non-hydrogen) atoms. The van der Waals surface area contributed by atoms with Gasteiger partial charge in [-0.1, -0.05) is 35.9 Å². The molecule has 1 saturated heterocycles. The van der Waals surface area contributed by atoms with Crippen LogP contribution in [-0.2, 0) is 16.8 Å². The number of imide groups is 1. The van der Waals surface area contributed by atoms with Crippen LogP contribution in [0.3, 0.4) is 0 Å². The molecule has 5 nitrogen and oxygen atoms in total. The van der Waals surface area contributed by atoms with Crippen molar-refractivity contribution in [3.05, 3.63) is 64.7 Å². The lowest BCUT2D eigenvalue weighted by Gasteiger charge is -2.27. The van der Waals surface area contributed by atoms with E-state index in [4.69, 9.17) is 16.3 Å². The van der Waals surface area contributed by atoms with Gasteiger partial charge in [0.05, 0.1) is 6.54 Å². The summed E-state index contributed by atoms with van der Waals surface area (Å²) < 4.78 is 5.66. The zero-order chi connectivity index (χ0) is 18.9. The molecule has 6 heteroatoms. The first-order valence-electron chi connectivity index (χ1n) is 9.21. The lowest BCUT2D eigenvalue weighted by atomic mass is 9.84. The molecule has 2 aliphatic rings. The van der Waals surface area contributed by atoms with Crippen LogP contribution in [0.1, 0.15) is 30.4 Å². The first-order chi connectivity index (χ1) is 13.1. The SMILES string of the molecule is O=C1NC2(CCCCc3ccccc32)C(=O)N1CCOc1ccc(Cl)cc1. The van der Waals surface area contributed by atoms with E-state index < -0.39 is 5.54 Å². The molecule has 1 heterocycles. The Balaban J connectivity index is 1.51. The van der Waals surface area contributed by atoms with Crippen LogP contribution in [0.25, 0.3) is 0 Å². The van der Waals surface area contributed by atoms with E-state index in [1.54, 1.807) is 24.3 Å². The lowest BCUT2D eigenvalue weighted by Crippen LogP contribution is -2.44. The molecule has 2 aromatic rings. The molecule has 0 bridgehead atoms. The average Bonchev–Trinajstić information content (AvgIpc) is 2.82. The molecule has 0 aromatic heterocycles. The van der Waals surface area contributed by atoms with Gasteiger partial charge >= 0.3 is 6.03 Å². The lowest BCUT2D eigenvalue weighted by molar-refractivity contribution is -0.132. The molecule has 1 aliphatic heterocycles. The van der Waals surface area contributed by atoms with Crippen molar-refractivity contribution in [2.45, 2.75) is 31.2 Å². The van der Waals surface area contributed by atoms with Crippen molar-refractivity contribution in [2.75, 3.05) is 13.2 Å². The summed E-state index contributed by atoms with van der Waals surface area (Å²) in [5, 5.41) is 3.62. The van der Waals surface area contributed by atoms with Gasteiger partial charge in [-0.05, 0) is 61.1 Å². The third-order valence-corrected chi connectivity index (χ3v) is 5.55. The Labute approximate surface area is 163 Å². The maximum absolute atomic E-state index is 13.3. The largest absolute Gasteiger partial charge is 0.492 e. The number of amides is 3. The van der Waals surface area contributed by atoms with Crippen molar-refractivity contribution in [3.63, 3.8) is 0 Å². The summed E-state index contributed by atoms with van der Waals surface area (Å²) in [6.45, 7) is 0.440. The smallest absolute Gasteiger partial charge is 0.325 e. The second-order valence-corrected chi connectivity index (χ2v) is 7.40. The highest BCUT2D eigenvalue weighted by Crippen LogP contribution is 2.38. The number of ether oxygens (including phenoxy) is 1. The van der Waals surface area contributed by atoms with Crippen LogP contribution in [0.4, 0.5) is 4.79 Å². The van der Waals surface area contributed by atoms with Crippen molar-refractivity contribution in [1.82, 2.24) is 10.2 Å². The molecular formula is C21H21ClN2O3. The van der Waals surface area contributed by atoms with Gasteiger partial charge in [-0.25, -0.2) is 4.79 Å². The number of nitrogens with zero attached hydrogens (tertiary/aromatic N) is 1. The topological polar surface area (TPSA) is 58.6 Å². The van der Waals surface area contributed by atoms with Crippen LogP contribution in [0.2, 0.25) is 5.02 Å². The van der Waals surface area contributed by atoms with Gasteiger partial charge in [0, 0.05) is 5.02 Å². The van der Waals surface area contributed by atoms with Crippen LogP contribution in [0.15, 0.2) is 48.5 Å². The summed E-state index contributed by atoms with van der Waals surface area (Å²) in [6.07, 6.45) is 3.47. The molecule has 3 amide bonds. The quantitative estimate of drug-likeness (QED) is 0.813. The van der Waals surface area contributed by atoms with E-state index in [2.05, 4.69) is 5.32 Å². The van der Waals surface area contributed by atoms with Crippen LogP contribution in [-0.4, -0.2) is 30.0 Å². The minimum Gasteiger partial charge on any atom is -0.492 e. The molecule has 1 N–H and O–H groups in total. The average molecular weight is 385 g/mol. The van der Waals surface area contributed by atoms with E-state index in [9.17, 15) is 9.59 Å². The van der Waals surface area contributed by atoms with Crippen molar-refractivity contribution >= 4 is 23.5 Å². The number of nitrogens with one attached hydrogen (secondary N) is 1. The molecule has 4 rings (SSSR count). The number of aryl methyl sites for hydroxylation is 1. The summed E-state index contributed by atoms with van der Waals surface area (Å²) in [4.78, 5) is 27.1. The van der Waals surface area contributed by atoms with Crippen molar-refractivity contribution in [1.29, 1.82) is 0 Å². The number of hydrogen-bond acceptors (Lipinski definition) is 3. The maximum atomic E-state index is 13.3. The van der Waals surface area contributed by atoms with Gasteiger partial charge in [-0.15, -0.1) is 0 Å². The third-order valence-electron chi connectivity index (χ3n) is 5.30. The van der Waals surface area contributed by atoms with Crippen LogP contribution in [0.5, 0.6) is 5.75 Å². The van der Waals surface area contributed by atoms with Crippen LogP contribution in [0, 0.1) is 0 Å². The van der Waals surface area contributed by atoms with E-state index in [-0.39, 0.29) is 25.1 Å². The van der Waals surface area contributed by atoms with E-state index in [0.717, 1.165) is 30.4 Å². The second kappa shape index (κ2) is 7.24. The van der Waals surface area contributed by atoms with E-state index in [1.807, 2.05) is 24.3 Å². The second-order valence-electron chi connectivity index (χ2n) is 6.96. The summed E-state index contributed by atoms with van der Waals surface area (Å²) in [5.41, 5.74) is 1.13. The highest BCUT2D eigenvalue weighted by atomic mass is 35.5. The first kappa shape index (κ1) is 17.9. The fourth-order valence-corrected chi connectivity index (χ4v) is 4.09. The Bertz CT molecular complexity index is 868. The Morgan fingerprint density at radius 1 is 1.07 bits per heavy atom. The minimum atomic E-state index is -0.940. The normalized spacial score (nSPS) is 21.7. The van der Waals surface area contributed by atoms with Gasteiger partial charge in [0.2, 0.25) is 0 Å². The Kier molecular flexibility index (Phi) is 4.79. The summed E-state index contributed by atoms with van der Waals surface area (Å²) in [6, 6.07) is 14.6. The predicted octanol–water partition coefficient (Wildman–Crippen LogP) is 3.89. The first-order valence-corrected chi connectivity index (χ1v) is 9.59. The predicted molar refractivity (Wildman–Crippen MR) is 103 cm³/mol. The van der Waals surface area contributed by atoms with Crippen LogP contribution < -0.4 is 10.1 Å². The molecule has 2 aromatic carbocycles. The van der Waals surface area contributed by atoms with Crippen molar-refractivity contribution in [2.24, 2.45) is 0 Å². The summed E-state index contributed by atoms with van der Waals surface area (Å²) >= 11 is 5.86. The molecule has 1 fully saturated rings. The van der Waals surface area contributed by atoms with Crippen molar-refractivity contribution < 1.29 is 14.3 Å². The maximum Gasteiger partial charge on any atom is 0.325 e. The molecular weight excluding hydrogens is 364 g/mol. The molecule has 1 atom stereocenters. The molecule has 1 spiro atoms. The van der Waals surface area contributed by atoms with Gasteiger partial charge in [0.15, 0.2) is 0 Å². The number of halogens is 1. The van der Waals surface area contributed by atoms with Gasteiger partial charge in [-0.3, -0.25) is 9.69 Å². The van der Waals surface area contributed by atoms with E-state index in [0.29, 0.717) is 17.2 Å². The van der Waals surface area contributed by atoms with Crippen LogP contribution >= 0.6 is 11.6 Å². The van der Waals surface area contributed by atoms with E-state index >= 15 is 0 Å². The number of carbonyl (C=O) groups excluding carboxylic acids is 2. The Hall–Kier alpha value is -2.53. The number of carbonyl (C=O) groups is 2. The Morgan fingerprint density at radius 3 is 2.67 bits per heavy atom. The van der Waals surface area contributed by atoms with Gasteiger partial charge < -0.3 is 10.1 Å². The summed E-state index contributed by atoms with van der Waals surface area (Å²) in [7, 11) is 0. The Morgan fingerprint density at radius 2 is 1.85 bits per heavy atom.